The van der Waals surface area contributed by atoms with Crippen molar-refractivity contribution in [2.75, 3.05) is 6.54 Å². The van der Waals surface area contributed by atoms with Crippen molar-refractivity contribution in [3.05, 3.63) is 34.9 Å². The number of hydrogen-bond acceptors (Lipinski definition) is 2. The van der Waals surface area contributed by atoms with Crippen LogP contribution in [0, 0.1) is 0 Å². The van der Waals surface area contributed by atoms with Crippen LogP contribution < -0.4 is 5.32 Å². The number of rotatable bonds is 5. The molecule has 1 aliphatic rings. The standard InChI is InChI=1S/C16H25NO/c1-12(18)9-10-17-13(2)15-8-7-14-5-3-4-6-16(14)11-15/h7-8,11-13,17-18H,3-6,9-10H2,1-2H3. The van der Waals surface area contributed by atoms with Crippen molar-refractivity contribution in [2.45, 2.75) is 58.1 Å². The van der Waals surface area contributed by atoms with Crippen LogP contribution in [0.4, 0.5) is 0 Å². The molecule has 0 radical (unpaired) electrons. The van der Waals surface area contributed by atoms with E-state index in [1.54, 1.807) is 11.1 Å². The van der Waals surface area contributed by atoms with Gasteiger partial charge in [0.25, 0.3) is 0 Å². The van der Waals surface area contributed by atoms with Crippen LogP contribution in [0.2, 0.25) is 0 Å². The zero-order valence-electron chi connectivity index (χ0n) is 11.6. The molecule has 1 aromatic rings. The second-order valence-corrected chi connectivity index (χ2v) is 5.55. The third-order valence-corrected chi connectivity index (χ3v) is 3.89. The number of hydrogen-bond donors (Lipinski definition) is 2. The van der Waals surface area contributed by atoms with Crippen LogP contribution >= 0.6 is 0 Å². The molecule has 0 fully saturated rings. The fourth-order valence-electron chi connectivity index (χ4n) is 2.65. The second kappa shape index (κ2) is 6.35. The Morgan fingerprint density at radius 3 is 2.61 bits per heavy atom. The number of aliphatic hydroxyl groups excluding tert-OH is 1. The van der Waals surface area contributed by atoms with E-state index >= 15 is 0 Å². The molecule has 0 aliphatic heterocycles. The van der Waals surface area contributed by atoms with Crippen LogP contribution in [0.3, 0.4) is 0 Å². The molecule has 0 bridgehead atoms. The van der Waals surface area contributed by atoms with Gasteiger partial charge in [-0.2, -0.15) is 0 Å². The third kappa shape index (κ3) is 3.56. The summed E-state index contributed by atoms with van der Waals surface area (Å²) in [6.45, 7) is 4.91. The highest BCUT2D eigenvalue weighted by molar-refractivity contribution is 5.35. The summed E-state index contributed by atoms with van der Waals surface area (Å²) in [6.07, 6.45) is 5.76. The fourth-order valence-corrected chi connectivity index (χ4v) is 2.65. The van der Waals surface area contributed by atoms with E-state index in [4.69, 9.17) is 0 Å². The minimum absolute atomic E-state index is 0.215. The highest BCUT2D eigenvalue weighted by Crippen LogP contribution is 2.24. The van der Waals surface area contributed by atoms with Gasteiger partial charge in [0, 0.05) is 6.04 Å². The van der Waals surface area contributed by atoms with E-state index in [0.717, 1.165) is 13.0 Å². The number of benzene rings is 1. The number of nitrogens with one attached hydrogen (secondary N) is 1. The van der Waals surface area contributed by atoms with Gasteiger partial charge < -0.3 is 10.4 Å². The minimum Gasteiger partial charge on any atom is -0.393 e. The van der Waals surface area contributed by atoms with Gasteiger partial charge in [-0.05, 0) is 69.2 Å². The van der Waals surface area contributed by atoms with E-state index in [1.165, 1.54) is 31.2 Å². The highest BCUT2D eigenvalue weighted by atomic mass is 16.3. The molecule has 1 aromatic carbocycles. The second-order valence-electron chi connectivity index (χ2n) is 5.55. The lowest BCUT2D eigenvalue weighted by atomic mass is 9.89. The predicted octanol–water partition coefficient (Wildman–Crippen LogP) is 2.99. The molecule has 0 heterocycles. The Hall–Kier alpha value is -0.860. The molecule has 0 amide bonds. The predicted molar refractivity (Wildman–Crippen MR) is 75.8 cm³/mol. The molecule has 2 N–H and O–H groups in total. The molecule has 0 saturated heterocycles. The van der Waals surface area contributed by atoms with Crippen molar-refractivity contribution in [1.29, 1.82) is 0 Å². The Labute approximate surface area is 110 Å². The molecule has 0 saturated carbocycles. The van der Waals surface area contributed by atoms with Crippen molar-refractivity contribution in [2.24, 2.45) is 0 Å². The molecular formula is C16H25NO. The highest BCUT2D eigenvalue weighted by Gasteiger charge is 2.12. The first-order chi connectivity index (χ1) is 8.66. The molecule has 1 aliphatic carbocycles. The van der Waals surface area contributed by atoms with Gasteiger partial charge in [0.2, 0.25) is 0 Å². The van der Waals surface area contributed by atoms with E-state index in [2.05, 4.69) is 30.4 Å². The summed E-state index contributed by atoms with van der Waals surface area (Å²) in [5, 5.41) is 12.7. The molecule has 18 heavy (non-hydrogen) atoms. The summed E-state index contributed by atoms with van der Waals surface area (Å²) in [6, 6.07) is 7.30. The molecule has 2 heteroatoms. The maximum Gasteiger partial charge on any atom is 0.0524 e. The van der Waals surface area contributed by atoms with E-state index < -0.39 is 0 Å². The first kappa shape index (κ1) is 13.6. The Kier molecular flexibility index (Phi) is 4.79. The van der Waals surface area contributed by atoms with E-state index in [1.807, 2.05) is 6.92 Å². The lowest BCUT2D eigenvalue weighted by molar-refractivity contribution is 0.182. The summed E-state index contributed by atoms with van der Waals surface area (Å²) < 4.78 is 0. The van der Waals surface area contributed by atoms with Crippen molar-refractivity contribution in [3.8, 4) is 0 Å². The van der Waals surface area contributed by atoms with Gasteiger partial charge in [0.05, 0.1) is 6.10 Å². The SMILES string of the molecule is CC(O)CCNC(C)c1ccc2c(c1)CCCC2. The Bertz CT molecular complexity index is 387. The van der Waals surface area contributed by atoms with Crippen molar-refractivity contribution >= 4 is 0 Å². The van der Waals surface area contributed by atoms with E-state index in [0.29, 0.717) is 6.04 Å². The first-order valence-corrected chi connectivity index (χ1v) is 7.20. The van der Waals surface area contributed by atoms with Gasteiger partial charge in [-0.15, -0.1) is 0 Å². The first-order valence-electron chi connectivity index (χ1n) is 7.20. The maximum atomic E-state index is 9.25. The van der Waals surface area contributed by atoms with Crippen molar-refractivity contribution < 1.29 is 5.11 Å². The molecule has 2 atom stereocenters. The minimum atomic E-state index is -0.215. The van der Waals surface area contributed by atoms with Crippen LogP contribution in [-0.4, -0.2) is 17.8 Å². The quantitative estimate of drug-likeness (QED) is 0.838. The van der Waals surface area contributed by atoms with Gasteiger partial charge in [-0.3, -0.25) is 0 Å². The number of aryl methyl sites for hydroxylation is 2. The van der Waals surface area contributed by atoms with Crippen LogP contribution in [0.5, 0.6) is 0 Å². The Morgan fingerprint density at radius 1 is 1.17 bits per heavy atom. The van der Waals surface area contributed by atoms with Gasteiger partial charge in [0.1, 0.15) is 0 Å². The zero-order chi connectivity index (χ0) is 13.0. The van der Waals surface area contributed by atoms with Gasteiger partial charge in [-0.1, -0.05) is 18.2 Å². The average Bonchev–Trinajstić information content (AvgIpc) is 2.37. The normalized spacial score (nSPS) is 18.2. The van der Waals surface area contributed by atoms with Gasteiger partial charge in [0.15, 0.2) is 0 Å². The van der Waals surface area contributed by atoms with Crippen LogP contribution in [-0.2, 0) is 12.8 Å². The molecule has 2 nitrogen and oxygen atoms in total. The molecule has 0 spiro atoms. The van der Waals surface area contributed by atoms with Crippen molar-refractivity contribution in [1.82, 2.24) is 5.32 Å². The number of aliphatic hydroxyl groups is 1. The fraction of sp³-hybridized carbons (Fsp3) is 0.625. The molecule has 100 valence electrons. The summed E-state index contributed by atoms with van der Waals surface area (Å²) in [5.74, 6) is 0. The van der Waals surface area contributed by atoms with Gasteiger partial charge >= 0.3 is 0 Å². The lowest BCUT2D eigenvalue weighted by Gasteiger charge is -2.20. The molecule has 2 unspecified atom stereocenters. The van der Waals surface area contributed by atoms with E-state index in [9.17, 15) is 5.11 Å². The zero-order valence-corrected chi connectivity index (χ0v) is 11.6. The largest absolute Gasteiger partial charge is 0.393 e. The Balaban J connectivity index is 1.95. The average molecular weight is 247 g/mol. The third-order valence-electron chi connectivity index (χ3n) is 3.89. The van der Waals surface area contributed by atoms with Gasteiger partial charge in [-0.25, -0.2) is 0 Å². The summed E-state index contributed by atoms with van der Waals surface area (Å²) in [4.78, 5) is 0. The Morgan fingerprint density at radius 2 is 1.89 bits per heavy atom. The lowest BCUT2D eigenvalue weighted by Crippen LogP contribution is -2.22. The van der Waals surface area contributed by atoms with Crippen molar-refractivity contribution in [3.63, 3.8) is 0 Å². The summed E-state index contributed by atoms with van der Waals surface area (Å²) in [7, 11) is 0. The topological polar surface area (TPSA) is 32.3 Å². The molecule has 0 aromatic heterocycles. The number of fused-ring (bicyclic) bond motifs is 1. The summed E-state index contributed by atoms with van der Waals surface area (Å²) >= 11 is 0. The van der Waals surface area contributed by atoms with Crippen LogP contribution in [0.1, 0.15) is 55.8 Å². The molecule has 2 rings (SSSR count). The monoisotopic (exact) mass is 247 g/mol. The van der Waals surface area contributed by atoms with Crippen LogP contribution in [0.15, 0.2) is 18.2 Å². The van der Waals surface area contributed by atoms with Crippen LogP contribution in [0.25, 0.3) is 0 Å². The smallest absolute Gasteiger partial charge is 0.0524 e. The summed E-state index contributed by atoms with van der Waals surface area (Å²) in [5.41, 5.74) is 4.46. The van der Waals surface area contributed by atoms with E-state index in [-0.39, 0.29) is 6.10 Å². The molecular weight excluding hydrogens is 222 g/mol. The maximum absolute atomic E-state index is 9.25.